The van der Waals surface area contributed by atoms with Gasteiger partial charge in [0.05, 0.1) is 0 Å². The van der Waals surface area contributed by atoms with Crippen molar-refractivity contribution in [1.29, 1.82) is 0 Å². The molecule has 0 spiro atoms. The summed E-state index contributed by atoms with van der Waals surface area (Å²) >= 11 is 2.05. The van der Waals surface area contributed by atoms with Crippen molar-refractivity contribution in [1.82, 2.24) is 4.90 Å². The van der Waals surface area contributed by atoms with Crippen molar-refractivity contribution >= 4 is 11.8 Å². The van der Waals surface area contributed by atoms with Crippen LogP contribution in [0.3, 0.4) is 0 Å². The molecule has 1 aliphatic rings. The first-order valence-corrected chi connectivity index (χ1v) is 8.58. The van der Waals surface area contributed by atoms with Gasteiger partial charge in [0.15, 0.2) is 0 Å². The second-order valence-electron chi connectivity index (χ2n) is 5.42. The van der Waals surface area contributed by atoms with Crippen LogP contribution in [0.4, 0.5) is 0 Å². The lowest BCUT2D eigenvalue weighted by Gasteiger charge is -2.32. The SMILES string of the molecule is NCCC1CCCN(CCSCc2ccccc2)C1. The molecular formula is C16H26N2S. The average molecular weight is 278 g/mol. The highest BCUT2D eigenvalue weighted by Crippen LogP contribution is 2.19. The van der Waals surface area contributed by atoms with Crippen LogP contribution >= 0.6 is 11.8 Å². The Morgan fingerprint density at radius 2 is 2.11 bits per heavy atom. The quantitative estimate of drug-likeness (QED) is 0.778. The first-order chi connectivity index (χ1) is 9.38. The maximum atomic E-state index is 5.67. The van der Waals surface area contributed by atoms with Crippen molar-refractivity contribution in [3.8, 4) is 0 Å². The minimum atomic E-state index is 0.845. The number of piperidine rings is 1. The van der Waals surface area contributed by atoms with Gasteiger partial charge in [-0.1, -0.05) is 30.3 Å². The molecule has 1 unspecified atom stereocenters. The highest BCUT2D eigenvalue weighted by Gasteiger charge is 2.18. The van der Waals surface area contributed by atoms with Crippen LogP contribution in [0.25, 0.3) is 0 Å². The molecule has 106 valence electrons. The second kappa shape index (κ2) is 8.62. The normalized spacial score (nSPS) is 20.6. The summed E-state index contributed by atoms with van der Waals surface area (Å²) in [4.78, 5) is 2.63. The summed E-state index contributed by atoms with van der Waals surface area (Å²) in [7, 11) is 0. The van der Waals surface area contributed by atoms with Crippen molar-refractivity contribution in [2.24, 2.45) is 11.7 Å². The van der Waals surface area contributed by atoms with Gasteiger partial charge in [-0.05, 0) is 43.8 Å². The molecule has 1 aliphatic heterocycles. The van der Waals surface area contributed by atoms with E-state index >= 15 is 0 Å². The van der Waals surface area contributed by atoms with E-state index in [1.54, 1.807) is 0 Å². The molecule has 0 bridgehead atoms. The van der Waals surface area contributed by atoms with Gasteiger partial charge in [-0.2, -0.15) is 11.8 Å². The van der Waals surface area contributed by atoms with Crippen molar-refractivity contribution in [3.05, 3.63) is 35.9 Å². The highest BCUT2D eigenvalue weighted by atomic mass is 32.2. The lowest BCUT2D eigenvalue weighted by molar-refractivity contribution is 0.179. The molecule has 0 amide bonds. The highest BCUT2D eigenvalue weighted by molar-refractivity contribution is 7.98. The minimum absolute atomic E-state index is 0.845. The molecule has 1 aromatic carbocycles. The molecule has 19 heavy (non-hydrogen) atoms. The molecule has 0 saturated carbocycles. The molecule has 1 heterocycles. The van der Waals surface area contributed by atoms with Gasteiger partial charge < -0.3 is 10.6 Å². The lowest BCUT2D eigenvalue weighted by atomic mass is 9.95. The fourth-order valence-electron chi connectivity index (χ4n) is 2.78. The molecule has 2 nitrogen and oxygen atoms in total. The Labute approximate surface area is 121 Å². The van der Waals surface area contributed by atoms with Gasteiger partial charge in [-0.25, -0.2) is 0 Å². The van der Waals surface area contributed by atoms with Crippen LogP contribution in [0, 0.1) is 5.92 Å². The number of nitrogens with zero attached hydrogens (tertiary/aromatic N) is 1. The molecule has 2 N–H and O–H groups in total. The van der Waals surface area contributed by atoms with Crippen LogP contribution in [-0.4, -0.2) is 36.8 Å². The number of nitrogens with two attached hydrogens (primary N) is 1. The van der Waals surface area contributed by atoms with E-state index in [0.29, 0.717) is 0 Å². The van der Waals surface area contributed by atoms with E-state index in [0.717, 1.165) is 18.2 Å². The smallest absolute Gasteiger partial charge is 0.0185 e. The number of likely N-dealkylation sites (tertiary alicyclic amines) is 1. The third-order valence-electron chi connectivity index (χ3n) is 3.84. The first kappa shape index (κ1) is 14.9. The predicted molar refractivity (Wildman–Crippen MR) is 85.4 cm³/mol. The van der Waals surface area contributed by atoms with E-state index in [-0.39, 0.29) is 0 Å². The summed E-state index contributed by atoms with van der Waals surface area (Å²) in [6.45, 7) is 4.63. The Kier molecular flexibility index (Phi) is 6.75. The number of hydrogen-bond acceptors (Lipinski definition) is 3. The van der Waals surface area contributed by atoms with Gasteiger partial charge in [-0.15, -0.1) is 0 Å². The Hall–Kier alpha value is -0.510. The zero-order valence-electron chi connectivity index (χ0n) is 11.8. The third-order valence-corrected chi connectivity index (χ3v) is 4.85. The van der Waals surface area contributed by atoms with Gasteiger partial charge in [-0.3, -0.25) is 0 Å². The molecule has 3 heteroatoms. The summed E-state index contributed by atoms with van der Waals surface area (Å²) in [6.07, 6.45) is 3.94. The molecule has 0 radical (unpaired) electrons. The van der Waals surface area contributed by atoms with Crippen LogP contribution in [0.5, 0.6) is 0 Å². The summed E-state index contributed by atoms with van der Waals surface area (Å²) in [5, 5.41) is 0. The number of rotatable bonds is 7. The number of benzene rings is 1. The Morgan fingerprint density at radius 3 is 2.89 bits per heavy atom. The van der Waals surface area contributed by atoms with E-state index in [1.165, 1.54) is 50.2 Å². The topological polar surface area (TPSA) is 29.3 Å². The fourth-order valence-corrected chi connectivity index (χ4v) is 3.74. The molecule has 1 aromatic rings. The fraction of sp³-hybridized carbons (Fsp3) is 0.625. The zero-order valence-corrected chi connectivity index (χ0v) is 12.6. The summed E-state index contributed by atoms with van der Waals surface area (Å²) in [6, 6.07) is 10.8. The largest absolute Gasteiger partial charge is 0.330 e. The zero-order chi connectivity index (χ0) is 13.3. The van der Waals surface area contributed by atoms with Gasteiger partial charge in [0.2, 0.25) is 0 Å². The maximum Gasteiger partial charge on any atom is 0.0185 e. The van der Waals surface area contributed by atoms with Crippen LogP contribution in [0.2, 0.25) is 0 Å². The standard InChI is InChI=1S/C16H26N2S/c17-9-8-15-7-4-10-18(13-15)11-12-19-14-16-5-2-1-3-6-16/h1-3,5-6,15H,4,7-14,17H2. The van der Waals surface area contributed by atoms with Gasteiger partial charge in [0, 0.05) is 24.6 Å². The molecule has 2 rings (SSSR count). The predicted octanol–water partition coefficient (Wildman–Crippen LogP) is 2.98. The van der Waals surface area contributed by atoms with E-state index in [9.17, 15) is 0 Å². The van der Waals surface area contributed by atoms with Crippen LogP contribution < -0.4 is 5.73 Å². The van der Waals surface area contributed by atoms with Crippen molar-refractivity contribution < 1.29 is 0 Å². The van der Waals surface area contributed by atoms with Gasteiger partial charge in [0.25, 0.3) is 0 Å². The molecule has 0 aliphatic carbocycles. The maximum absolute atomic E-state index is 5.67. The summed E-state index contributed by atoms with van der Waals surface area (Å²) in [5.74, 6) is 3.23. The van der Waals surface area contributed by atoms with Crippen LogP contribution in [0.1, 0.15) is 24.8 Å². The van der Waals surface area contributed by atoms with Crippen molar-refractivity contribution in [3.63, 3.8) is 0 Å². The average Bonchev–Trinajstić information content (AvgIpc) is 2.46. The summed E-state index contributed by atoms with van der Waals surface area (Å²) < 4.78 is 0. The van der Waals surface area contributed by atoms with Gasteiger partial charge >= 0.3 is 0 Å². The van der Waals surface area contributed by atoms with E-state index < -0.39 is 0 Å². The van der Waals surface area contributed by atoms with Crippen LogP contribution in [-0.2, 0) is 5.75 Å². The van der Waals surface area contributed by atoms with Crippen LogP contribution in [0.15, 0.2) is 30.3 Å². The van der Waals surface area contributed by atoms with Crippen molar-refractivity contribution in [2.75, 3.05) is 31.9 Å². The summed E-state index contributed by atoms with van der Waals surface area (Å²) in [5.41, 5.74) is 7.11. The minimum Gasteiger partial charge on any atom is -0.330 e. The van der Waals surface area contributed by atoms with E-state index in [4.69, 9.17) is 5.73 Å². The third kappa shape index (κ3) is 5.55. The Balaban J connectivity index is 1.60. The number of thioether (sulfide) groups is 1. The van der Waals surface area contributed by atoms with Gasteiger partial charge in [0.1, 0.15) is 0 Å². The van der Waals surface area contributed by atoms with E-state index in [1.807, 2.05) is 11.8 Å². The molecule has 1 atom stereocenters. The molecule has 1 fully saturated rings. The lowest BCUT2D eigenvalue weighted by Crippen LogP contribution is -2.37. The van der Waals surface area contributed by atoms with Crippen molar-refractivity contribution in [2.45, 2.75) is 25.0 Å². The Bertz CT molecular complexity index is 340. The van der Waals surface area contributed by atoms with E-state index in [2.05, 4.69) is 35.2 Å². The molecular weight excluding hydrogens is 252 g/mol. The molecule has 1 saturated heterocycles. The second-order valence-corrected chi connectivity index (χ2v) is 6.53. The Morgan fingerprint density at radius 1 is 1.26 bits per heavy atom. The first-order valence-electron chi connectivity index (χ1n) is 7.42. The monoisotopic (exact) mass is 278 g/mol. The number of hydrogen-bond donors (Lipinski definition) is 1. The molecule has 0 aromatic heterocycles.